The van der Waals surface area contributed by atoms with Crippen LogP contribution in [0.25, 0.3) is 0 Å². The highest BCUT2D eigenvalue weighted by Crippen LogP contribution is 2.35. The first-order chi connectivity index (χ1) is 5.87. The molecule has 0 saturated carbocycles. The number of nitrogens with zero attached hydrogens (tertiary/aromatic N) is 2. The minimum absolute atomic E-state index is 0.289. The topological polar surface area (TPSA) is 34.0 Å². The zero-order chi connectivity index (χ0) is 10.1. The van der Waals surface area contributed by atoms with Crippen LogP contribution < -0.4 is 0 Å². The van der Waals surface area contributed by atoms with Crippen molar-refractivity contribution in [2.75, 3.05) is 6.61 Å². The largest absolute Gasteiger partial charge is 0.435 e. The van der Waals surface area contributed by atoms with Gasteiger partial charge in [0.15, 0.2) is 11.4 Å². The Hall–Kier alpha value is -0.910. The van der Waals surface area contributed by atoms with Gasteiger partial charge in [-0.2, -0.15) is 13.2 Å². The minimum Gasteiger partial charge on any atom is -0.349 e. The number of hydrogen-bond donors (Lipinski definition) is 0. The fourth-order valence-electron chi connectivity index (χ4n) is 0.966. The van der Waals surface area contributed by atoms with E-state index in [4.69, 9.17) is 4.74 Å². The molecule has 1 atom stereocenters. The van der Waals surface area contributed by atoms with Crippen molar-refractivity contribution >= 4 is 0 Å². The van der Waals surface area contributed by atoms with Gasteiger partial charge in [0, 0.05) is 12.7 Å². The van der Waals surface area contributed by atoms with Crippen molar-refractivity contribution in [1.29, 1.82) is 0 Å². The maximum absolute atomic E-state index is 12.1. The second-order valence-corrected chi connectivity index (χ2v) is 2.71. The molecule has 1 heterocycles. The van der Waals surface area contributed by atoms with E-state index >= 15 is 0 Å². The number of ether oxygens (including phenoxy) is 1. The third-order valence-corrected chi connectivity index (χ3v) is 1.49. The summed E-state index contributed by atoms with van der Waals surface area (Å²) in [4.78, 5) is 0. The van der Waals surface area contributed by atoms with Gasteiger partial charge in [-0.1, -0.05) is 0 Å². The first-order valence-electron chi connectivity index (χ1n) is 3.74. The van der Waals surface area contributed by atoms with Crippen LogP contribution in [-0.2, 0) is 4.74 Å². The van der Waals surface area contributed by atoms with Crippen molar-refractivity contribution in [2.45, 2.75) is 25.7 Å². The third-order valence-electron chi connectivity index (χ3n) is 1.49. The molecule has 0 spiro atoms. The molecule has 0 aromatic rings. The molecule has 13 heavy (non-hydrogen) atoms. The molecule has 1 aliphatic heterocycles. The van der Waals surface area contributed by atoms with E-state index in [2.05, 4.69) is 10.2 Å². The van der Waals surface area contributed by atoms with Crippen molar-refractivity contribution < 1.29 is 17.9 Å². The molecule has 0 aliphatic carbocycles. The van der Waals surface area contributed by atoms with E-state index in [1.807, 2.05) is 0 Å². The molecule has 74 valence electrons. The number of allylic oxidation sites excluding steroid dienone is 1. The van der Waals surface area contributed by atoms with Crippen molar-refractivity contribution in [3.8, 4) is 0 Å². The Morgan fingerprint density at radius 2 is 2.15 bits per heavy atom. The lowest BCUT2D eigenvalue weighted by Crippen LogP contribution is -2.21. The van der Waals surface area contributed by atoms with Crippen LogP contribution in [0.5, 0.6) is 0 Å². The first kappa shape index (κ1) is 10.2. The van der Waals surface area contributed by atoms with Gasteiger partial charge in [0.2, 0.25) is 0 Å². The molecule has 0 fully saturated rings. The summed E-state index contributed by atoms with van der Waals surface area (Å²) in [5.41, 5.74) is -2.25. The summed E-state index contributed by atoms with van der Waals surface area (Å²) in [6.45, 7) is 3.40. The molecule has 0 aromatic carbocycles. The second kappa shape index (κ2) is 3.10. The molecule has 0 aromatic heterocycles. The number of alkyl halides is 3. The number of rotatable bonds is 2. The molecule has 1 unspecified atom stereocenters. The number of azo groups is 1. The second-order valence-electron chi connectivity index (χ2n) is 2.71. The molecular weight excluding hydrogens is 185 g/mol. The highest BCUT2D eigenvalue weighted by molar-refractivity contribution is 5.17. The summed E-state index contributed by atoms with van der Waals surface area (Å²) in [5.74, 6) is 0. The van der Waals surface area contributed by atoms with Gasteiger partial charge in [0.25, 0.3) is 0 Å². The Bertz CT molecular complexity index is 259. The smallest absolute Gasteiger partial charge is 0.349 e. The third kappa shape index (κ3) is 2.27. The van der Waals surface area contributed by atoms with Crippen LogP contribution in [0.4, 0.5) is 13.2 Å². The van der Waals surface area contributed by atoms with E-state index in [-0.39, 0.29) is 6.61 Å². The van der Waals surface area contributed by atoms with Gasteiger partial charge in [-0.05, 0) is 13.8 Å². The number of halogens is 3. The Morgan fingerprint density at radius 3 is 2.54 bits per heavy atom. The zero-order valence-electron chi connectivity index (χ0n) is 7.22. The standard InChI is InChI=1S/C7H9F3N2O/c1-3-13-6(2)4-5(11-12-6)7(8,9)10/h4H,3H2,1-2H3. The Morgan fingerprint density at radius 1 is 1.54 bits per heavy atom. The predicted molar refractivity (Wildman–Crippen MR) is 39.0 cm³/mol. The molecule has 0 N–H and O–H groups in total. The average molecular weight is 194 g/mol. The van der Waals surface area contributed by atoms with Crippen LogP contribution in [0.2, 0.25) is 0 Å². The Labute approximate surface area is 73.3 Å². The van der Waals surface area contributed by atoms with E-state index in [0.717, 1.165) is 6.08 Å². The van der Waals surface area contributed by atoms with E-state index in [9.17, 15) is 13.2 Å². The molecule has 0 bridgehead atoms. The highest BCUT2D eigenvalue weighted by atomic mass is 19.4. The minimum atomic E-state index is -4.45. The summed E-state index contributed by atoms with van der Waals surface area (Å²) in [7, 11) is 0. The zero-order valence-corrected chi connectivity index (χ0v) is 7.22. The lowest BCUT2D eigenvalue weighted by atomic mass is 10.2. The van der Waals surface area contributed by atoms with E-state index in [1.165, 1.54) is 6.92 Å². The Balaban J connectivity index is 2.81. The van der Waals surface area contributed by atoms with Gasteiger partial charge < -0.3 is 4.74 Å². The van der Waals surface area contributed by atoms with E-state index in [0.29, 0.717) is 0 Å². The number of hydrogen-bond acceptors (Lipinski definition) is 3. The molecule has 0 saturated heterocycles. The molecular formula is C7H9F3N2O. The fourth-order valence-corrected chi connectivity index (χ4v) is 0.966. The van der Waals surface area contributed by atoms with Crippen molar-refractivity contribution in [1.82, 2.24) is 0 Å². The first-order valence-corrected chi connectivity index (χ1v) is 3.74. The predicted octanol–water partition coefficient (Wildman–Crippen LogP) is 2.65. The van der Waals surface area contributed by atoms with E-state index in [1.54, 1.807) is 6.92 Å². The lowest BCUT2D eigenvalue weighted by molar-refractivity contribution is -0.0928. The Kier molecular flexibility index (Phi) is 2.42. The van der Waals surface area contributed by atoms with Crippen LogP contribution in [0.1, 0.15) is 13.8 Å². The SMILES string of the molecule is CCOC1(C)C=C(C(F)(F)F)N=N1. The fraction of sp³-hybridized carbons (Fsp3) is 0.714. The maximum Gasteiger partial charge on any atom is 0.435 e. The van der Waals surface area contributed by atoms with Gasteiger partial charge in [0.05, 0.1) is 0 Å². The molecule has 1 aliphatic rings. The summed E-state index contributed by atoms with van der Waals surface area (Å²) in [6, 6.07) is 0. The summed E-state index contributed by atoms with van der Waals surface area (Å²) < 4.78 is 41.2. The van der Waals surface area contributed by atoms with Crippen LogP contribution in [-0.4, -0.2) is 18.5 Å². The van der Waals surface area contributed by atoms with Crippen LogP contribution in [0.15, 0.2) is 22.0 Å². The molecule has 0 radical (unpaired) electrons. The summed E-state index contributed by atoms with van der Waals surface area (Å²) in [6.07, 6.45) is -3.57. The normalized spacial score (nSPS) is 27.9. The molecule has 3 nitrogen and oxygen atoms in total. The van der Waals surface area contributed by atoms with Crippen molar-refractivity contribution in [3.63, 3.8) is 0 Å². The highest BCUT2D eigenvalue weighted by Gasteiger charge is 2.41. The van der Waals surface area contributed by atoms with E-state index < -0.39 is 17.6 Å². The van der Waals surface area contributed by atoms with Gasteiger partial charge in [0.1, 0.15) is 0 Å². The van der Waals surface area contributed by atoms with Crippen molar-refractivity contribution in [2.24, 2.45) is 10.2 Å². The van der Waals surface area contributed by atoms with Crippen LogP contribution in [0, 0.1) is 0 Å². The van der Waals surface area contributed by atoms with Gasteiger partial charge in [-0.15, -0.1) is 10.2 Å². The van der Waals surface area contributed by atoms with Crippen LogP contribution >= 0.6 is 0 Å². The molecule has 6 heteroatoms. The molecule has 1 rings (SSSR count). The average Bonchev–Trinajstić information content (AvgIpc) is 2.31. The summed E-state index contributed by atoms with van der Waals surface area (Å²) in [5, 5.41) is 6.41. The van der Waals surface area contributed by atoms with Crippen molar-refractivity contribution in [3.05, 3.63) is 11.8 Å². The molecule has 0 amide bonds. The lowest BCUT2D eigenvalue weighted by Gasteiger charge is -2.15. The van der Waals surface area contributed by atoms with Gasteiger partial charge >= 0.3 is 6.18 Å². The summed E-state index contributed by atoms with van der Waals surface area (Å²) >= 11 is 0. The monoisotopic (exact) mass is 194 g/mol. The van der Waals surface area contributed by atoms with Gasteiger partial charge in [-0.25, -0.2) is 0 Å². The maximum atomic E-state index is 12.1. The quantitative estimate of drug-likeness (QED) is 0.665. The van der Waals surface area contributed by atoms with Gasteiger partial charge in [-0.3, -0.25) is 0 Å². The van der Waals surface area contributed by atoms with Crippen LogP contribution in [0.3, 0.4) is 0 Å².